The maximum absolute atomic E-state index is 13.2. The zero-order valence-electron chi connectivity index (χ0n) is 20.5. The maximum Gasteiger partial charge on any atom is 0.319 e. The van der Waals surface area contributed by atoms with E-state index in [1.165, 1.54) is 53.8 Å². The van der Waals surface area contributed by atoms with Crippen molar-refractivity contribution < 1.29 is 23.8 Å². The van der Waals surface area contributed by atoms with E-state index >= 15 is 0 Å². The lowest BCUT2D eigenvalue weighted by Gasteiger charge is -2.45. The summed E-state index contributed by atoms with van der Waals surface area (Å²) in [5.74, 6) is -0.353. The first-order valence-electron chi connectivity index (χ1n) is 13.1. The smallest absolute Gasteiger partial charge is 0.319 e. The van der Waals surface area contributed by atoms with Gasteiger partial charge in [-0.1, -0.05) is 30.3 Å². The number of allylic oxidation sites excluding steroid dienone is 2. The van der Waals surface area contributed by atoms with Gasteiger partial charge < -0.3 is 25.2 Å². The predicted molar refractivity (Wildman–Crippen MR) is 137 cm³/mol. The van der Waals surface area contributed by atoms with Gasteiger partial charge in [-0.15, -0.1) is 0 Å². The van der Waals surface area contributed by atoms with Crippen molar-refractivity contribution in [1.82, 2.24) is 5.32 Å². The number of nitrogens with one attached hydrogen (secondary N) is 2. The second-order valence-corrected chi connectivity index (χ2v) is 10.1. The fourth-order valence-electron chi connectivity index (χ4n) is 5.58. The summed E-state index contributed by atoms with van der Waals surface area (Å²) in [7, 11) is 0. The van der Waals surface area contributed by atoms with Crippen LogP contribution in [0.3, 0.4) is 0 Å². The molecule has 2 heterocycles. The summed E-state index contributed by atoms with van der Waals surface area (Å²) in [6.07, 6.45) is 9.21. The quantitative estimate of drug-likeness (QED) is 0.494. The van der Waals surface area contributed by atoms with Crippen molar-refractivity contribution in [3.05, 3.63) is 71.6 Å². The zero-order valence-corrected chi connectivity index (χ0v) is 20.5. The summed E-state index contributed by atoms with van der Waals surface area (Å²) in [6.45, 7) is -0.0112. The van der Waals surface area contributed by atoms with Crippen LogP contribution in [0, 0.1) is 5.82 Å². The Morgan fingerprint density at radius 3 is 2.56 bits per heavy atom. The molecule has 36 heavy (non-hydrogen) atoms. The van der Waals surface area contributed by atoms with E-state index < -0.39 is 0 Å². The number of fused-ring (bicyclic) bond motifs is 1. The number of urea groups is 1. The topological polar surface area (TPSA) is 79.8 Å². The van der Waals surface area contributed by atoms with Gasteiger partial charge in [0.25, 0.3) is 0 Å². The molecule has 2 aromatic rings. The second kappa shape index (κ2) is 11.5. The number of anilines is 1. The SMILES string of the molecule is O=C(Nc1ccc(F)cc1)N[C@@H]1C[C@@H]2O[C@H](CO)CC[C@@H]2O[C@@H]1CCc1ccc(C2=CCCC2)cc1. The fourth-order valence-corrected chi connectivity index (χ4v) is 5.58. The number of carbonyl (C=O) groups is 1. The number of rotatable bonds is 7. The summed E-state index contributed by atoms with van der Waals surface area (Å²) in [6, 6.07) is 13.9. The first-order chi connectivity index (χ1) is 17.6. The number of hydrogen-bond donors (Lipinski definition) is 3. The number of aryl methyl sites for hydroxylation is 1. The second-order valence-electron chi connectivity index (χ2n) is 10.1. The van der Waals surface area contributed by atoms with E-state index in [0.29, 0.717) is 12.1 Å². The minimum atomic E-state index is -0.359. The lowest BCUT2D eigenvalue weighted by molar-refractivity contribution is -0.201. The lowest BCUT2D eigenvalue weighted by Crippen LogP contribution is -2.58. The normalized spacial score (nSPS) is 27.7. The van der Waals surface area contributed by atoms with Crippen molar-refractivity contribution in [2.75, 3.05) is 11.9 Å². The van der Waals surface area contributed by atoms with E-state index in [0.717, 1.165) is 32.1 Å². The Balaban J connectivity index is 1.23. The van der Waals surface area contributed by atoms with Gasteiger partial charge in [-0.2, -0.15) is 0 Å². The summed E-state index contributed by atoms with van der Waals surface area (Å²) >= 11 is 0. The summed E-state index contributed by atoms with van der Waals surface area (Å²) in [5, 5.41) is 15.4. The number of ether oxygens (including phenoxy) is 2. The molecule has 3 aliphatic rings. The van der Waals surface area contributed by atoms with Crippen LogP contribution in [0.5, 0.6) is 0 Å². The van der Waals surface area contributed by atoms with Crippen LogP contribution in [0.15, 0.2) is 54.6 Å². The van der Waals surface area contributed by atoms with Crippen molar-refractivity contribution >= 4 is 17.3 Å². The monoisotopic (exact) mass is 494 g/mol. The molecule has 5 atom stereocenters. The molecule has 2 aromatic carbocycles. The molecule has 5 rings (SSSR count). The zero-order chi connectivity index (χ0) is 24.9. The number of hydrogen-bond acceptors (Lipinski definition) is 4. The van der Waals surface area contributed by atoms with Crippen LogP contribution < -0.4 is 10.6 Å². The third kappa shape index (κ3) is 6.14. The third-order valence-corrected chi connectivity index (χ3v) is 7.55. The van der Waals surface area contributed by atoms with Crippen LogP contribution in [0.4, 0.5) is 14.9 Å². The molecule has 0 saturated carbocycles. The fraction of sp³-hybridized carbons (Fsp3) is 0.483. The highest BCUT2D eigenvalue weighted by atomic mass is 19.1. The molecule has 0 radical (unpaired) electrons. The Morgan fingerprint density at radius 1 is 1.03 bits per heavy atom. The van der Waals surface area contributed by atoms with Crippen molar-refractivity contribution in [3.63, 3.8) is 0 Å². The highest BCUT2D eigenvalue weighted by Crippen LogP contribution is 2.33. The molecule has 0 bridgehead atoms. The van der Waals surface area contributed by atoms with Gasteiger partial charge >= 0.3 is 6.03 Å². The van der Waals surface area contributed by atoms with Gasteiger partial charge in [0.2, 0.25) is 0 Å². The molecule has 7 heteroatoms. The molecule has 3 N–H and O–H groups in total. The summed E-state index contributed by atoms with van der Waals surface area (Å²) in [4.78, 5) is 12.8. The van der Waals surface area contributed by atoms with Crippen LogP contribution in [0.2, 0.25) is 0 Å². The van der Waals surface area contributed by atoms with Crippen LogP contribution in [0.1, 0.15) is 56.1 Å². The van der Waals surface area contributed by atoms with Crippen LogP contribution in [-0.4, -0.2) is 48.2 Å². The number of aliphatic hydroxyl groups is 1. The molecule has 2 amide bonds. The molecular formula is C29H35FN2O4. The van der Waals surface area contributed by atoms with Gasteiger partial charge in [0, 0.05) is 5.69 Å². The first kappa shape index (κ1) is 24.9. The number of carbonyl (C=O) groups excluding carboxylic acids is 1. The molecule has 192 valence electrons. The van der Waals surface area contributed by atoms with Crippen LogP contribution in [0.25, 0.3) is 5.57 Å². The summed E-state index contributed by atoms with van der Waals surface area (Å²) in [5.41, 5.74) is 4.52. The van der Waals surface area contributed by atoms with Crippen LogP contribution >= 0.6 is 0 Å². The van der Waals surface area contributed by atoms with Gasteiger partial charge in [0.15, 0.2) is 0 Å². The Hall–Kier alpha value is -2.74. The van der Waals surface area contributed by atoms with E-state index in [4.69, 9.17) is 9.47 Å². The van der Waals surface area contributed by atoms with E-state index in [1.807, 2.05) is 0 Å². The number of amides is 2. The molecule has 2 fully saturated rings. The highest BCUT2D eigenvalue weighted by molar-refractivity contribution is 5.89. The highest BCUT2D eigenvalue weighted by Gasteiger charge is 2.42. The third-order valence-electron chi connectivity index (χ3n) is 7.55. The number of halogens is 1. The molecule has 2 saturated heterocycles. The van der Waals surface area contributed by atoms with Crippen LogP contribution in [-0.2, 0) is 15.9 Å². The molecular weight excluding hydrogens is 459 g/mol. The van der Waals surface area contributed by atoms with E-state index in [-0.39, 0.29) is 48.9 Å². The number of aliphatic hydroxyl groups excluding tert-OH is 1. The largest absolute Gasteiger partial charge is 0.394 e. The summed E-state index contributed by atoms with van der Waals surface area (Å²) < 4.78 is 25.8. The van der Waals surface area contributed by atoms with Crippen molar-refractivity contribution in [3.8, 4) is 0 Å². The maximum atomic E-state index is 13.2. The van der Waals surface area contributed by atoms with Gasteiger partial charge in [0.1, 0.15) is 5.82 Å². The minimum absolute atomic E-state index is 0.0112. The molecule has 6 nitrogen and oxygen atoms in total. The minimum Gasteiger partial charge on any atom is -0.394 e. The number of benzene rings is 2. The molecule has 0 unspecified atom stereocenters. The van der Waals surface area contributed by atoms with Gasteiger partial charge in [0.05, 0.1) is 37.1 Å². The van der Waals surface area contributed by atoms with Crippen molar-refractivity contribution in [2.24, 2.45) is 0 Å². The average molecular weight is 495 g/mol. The van der Waals surface area contributed by atoms with Gasteiger partial charge in [-0.05, 0) is 92.3 Å². The molecule has 0 aromatic heterocycles. The average Bonchev–Trinajstić information content (AvgIpc) is 3.44. The molecule has 2 aliphatic heterocycles. The van der Waals surface area contributed by atoms with E-state index in [2.05, 4.69) is 41.0 Å². The lowest BCUT2D eigenvalue weighted by atomic mass is 9.88. The Labute approximate surface area is 211 Å². The molecule has 1 aliphatic carbocycles. The Morgan fingerprint density at radius 2 is 1.83 bits per heavy atom. The van der Waals surface area contributed by atoms with Crippen molar-refractivity contribution in [1.29, 1.82) is 0 Å². The van der Waals surface area contributed by atoms with E-state index in [9.17, 15) is 14.3 Å². The van der Waals surface area contributed by atoms with Crippen molar-refractivity contribution in [2.45, 2.75) is 81.8 Å². The predicted octanol–water partition coefficient (Wildman–Crippen LogP) is 5.21. The first-order valence-corrected chi connectivity index (χ1v) is 13.1. The molecule has 0 spiro atoms. The standard InChI is InChI=1S/C29H35FN2O4/c30-22-10-12-23(13-11-22)31-29(34)32-25-17-28-27(16-14-24(18-33)35-28)36-26(25)15-7-19-5-8-21(9-6-19)20-3-1-2-4-20/h3,5-6,8-13,24-28,33H,1-2,4,7,14-18H2,(H2,31,32,34)/t24-,25+,26+,27-,28-/m0/s1. The van der Waals surface area contributed by atoms with Gasteiger partial charge in [-0.3, -0.25) is 0 Å². The Kier molecular flexibility index (Phi) is 7.99. The van der Waals surface area contributed by atoms with E-state index in [1.54, 1.807) is 0 Å². The Bertz CT molecular complexity index is 1060. The van der Waals surface area contributed by atoms with Gasteiger partial charge in [-0.25, -0.2) is 9.18 Å².